The molecule has 38 heavy (non-hydrogen) atoms. The van der Waals surface area contributed by atoms with Gasteiger partial charge in [0.1, 0.15) is 0 Å². The summed E-state index contributed by atoms with van der Waals surface area (Å²) in [6.07, 6.45) is 0. The molecule has 0 atom stereocenters. The number of fused-ring (bicyclic) bond motifs is 5. The molecule has 0 heterocycles. The molecule has 0 fully saturated rings. The van der Waals surface area contributed by atoms with Gasteiger partial charge in [-0.25, -0.2) is 0 Å². The van der Waals surface area contributed by atoms with Crippen molar-refractivity contribution in [3.8, 4) is 11.1 Å². The van der Waals surface area contributed by atoms with Gasteiger partial charge in [-0.2, -0.15) is 6.07 Å². The third-order valence-electron chi connectivity index (χ3n) is 6.50. The largest absolute Gasteiger partial charge is 4.00 e. The maximum Gasteiger partial charge on any atom is 4.00 e. The van der Waals surface area contributed by atoms with E-state index in [2.05, 4.69) is 147 Å². The third kappa shape index (κ3) is 6.19. The Morgan fingerprint density at radius 2 is 0.895 bits per heavy atom. The van der Waals surface area contributed by atoms with Crippen molar-refractivity contribution >= 4 is 43.1 Å². The van der Waals surface area contributed by atoms with Gasteiger partial charge < -0.3 is 24.8 Å². The molecule has 0 radical (unpaired) electrons. The summed E-state index contributed by atoms with van der Waals surface area (Å²) in [5.74, 6) is 0. The van der Waals surface area contributed by atoms with E-state index in [-0.39, 0.29) is 51.0 Å². The standard InChI is InChI=1S/C20H15.C13H9.C2H4.2ClH.Zr/c1-14-12-16-8-5-11-19(20(16)13-14)18-10-4-7-15-6-2-3-9-17(15)18;1-3-7-12-10(5-1)9-11-6-2-4-8-13(11)12;1-2;;;/h2-13H,1H3;1-9H;1-2H2;2*1H;/q2*-1;;;;+4/p-2. The Morgan fingerprint density at radius 3 is 1.53 bits per heavy atom. The molecule has 0 aliphatic carbocycles. The number of rotatable bonds is 1. The molecule has 0 unspecified atom stereocenters. The first-order valence-corrected chi connectivity index (χ1v) is 12.0. The summed E-state index contributed by atoms with van der Waals surface area (Å²) in [7, 11) is 0. The van der Waals surface area contributed by atoms with Crippen LogP contribution in [0.5, 0.6) is 0 Å². The molecule has 0 N–H and O–H groups in total. The van der Waals surface area contributed by atoms with Crippen LogP contribution in [0.2, 0.25) is 0 Å². The summed E-state index contributed by atoms with van der Waals surface area (Å²) in [5.41, 5.74) is 3.97. The maximum atomic E-state index is 3.00. The third-order valence-corrected chi connectivity index (χ3v) is 6.50. The fourth-order valence-electron chi connectivity index (χ4n) is 4.98. The molecule has 0 aliphatic rings. The van der Waals surface area contributed by atoms with Crippen LogP contribution in [-0.4, -0.2) is 0 Å². The molecular formula is C35H28Cl2Zr. The van der Waals surface area contributed by atoms with Gasteiger partial charge in [0.25, 0.3) is 0 Å². The quantitative estimate of drug-likeness (QED) is 0.193. The van der Waals surface area contributed by atoms with E-state index in [9.17, 15) is 0 Å². The SMILES string of the molecule is C=C.Cc1cc2c(-c3cccc4ccccc34)cccc2[cH-]1.[Cl-].[Cl-].[Zr+4].c1ccc2c(c1)[cH-]c1ccccc12. The van der Waals surface area contributed by atoms with Crippen molar-refractivity contribution in [3.05, 3.63) is 146 Å². The topological polar surface area (TPSA) is 0 Å². The number of hydrogen-bond acceptors (Lipinski definition) is 0. The Hall–Kier alpha value is -2.96. The van der Waals surface area contributed by atoms with E-state index in [0.29, 0.717) is 0 Å². The van der Waals surface area contributed by atoms with E-state index in [4.69, 9.17) is 0 Å². The van der Waals surface area contributed by atoms with Crippen LogP contribution in [0.25, 0.3) is 54.2 Å². The minimum atomic E-state index is 0. The molecule has 0 aliphatic heterocycles. The van der Waals surface area contributed by atoms with Gasteiger partial charge in [-0.05, 0) is 16.3 Å². The summed E-state index contributed by atoms with van der Waals surface area (Å²) in [6.45, 7) is 8.16. The van der Waals surface area contributed by atoms with Crippen molar-refractivity contribution in [2.24, 2.45) is 0 Å². The normalized spacial score (nSPS) is 9.82. The van der Waals surface area contributed by atoms with Crippen LogP contribution in [0, 0.1) is 6.92 Å². The smallest absolute Gasteiger partial charge is 1.00 e. The Labute approximate surface area is 256 Å². The average Bonchev–Trinajstić information content (AvgIpc) is 3.49. The first-order valence-electron chi connectivity index (χ1n) is 12.0. The minimum Gasteiger partial charge on any atom is -1.00 e. The zero-order valence-electron chi connectivity index (χ0n) is 21.3. The molecule has 7 rings (SSSR count). The van der Waals surface area contributed by atoms with Crippen molar-refractivity contribution < 1.29 is 51.0 Å². The van der Waals surface area contributed by atoms with E-state index in [1.807, 2.05) is 0 Å². The number of benzene rings is 5. The van der Waals surface area contributed by atoms with Crippen molar-refractivity contribution in [3.63, 3.8) is 0 Å². The fourth-order valence-corrected chi connectivity index (χ4v) is 4.98. The second kappa shape index (κ2) is 14.3. The molecule has 0 bridgehead atoms. The molecule has 0 saturated heterocycles. The second-order valence-electron chi connectivity index (χ2n) is 8.69. The predicted molar refractivity (Wildman–Crippen MR) is 156 cm³/mol. The zero-order chi connectivity index (χ0) is 24.2. The summed E-state index contributed by atoms with van der Waals surface area (Å²) < 4.78 is 0. The van der Waals surface area contributed by atoms with Crippen molar-refractivity contribution in [1.29, 1.82) is 0 Å². The van der Waals surface area contributed by atoms with Gasteiger partial charge in [0.05, 0.1) is 0 Å². The number of halogens is 2. The van der Waals surface area contributed by atoms with Crippen molar-refractivity contribution in [2.75, 3.05) is 0 Å². The van der Waals surface area contributed by atoms with Gasteiger partial charge in [-0.1, -0.05) is 97.4 Å². The molecule has 0 amide bonds. The minimum absolute atomic E-state index is 0. The molecule has 0 spiro atoms. The summed E-state index contributed by atoms with van der Waals surface area (Å²) >= 11 is 0. The number of hydrogen-bond donors (Lipinski definition) is 0. The molecule has 0 saturated carbocycles. The van der Waals surface area contributed by atoms with Crippen molar-refractivity contribution in [2.45, 2.75) is 6.92 Å². The summed E-state index contributed by atoms with van der Waals surface area (Å²) in [6, 6.07) is 45.5. The van der Waals surface area contributed by atoms with Gasteiger partial charge in [0, 0.05) is 0 Å². The van der Waals surface area contributed by atoms with Crippen LogP contribution in [0.3, 0.4) is 0 Å². The number of aryl methyl sites for hydroxylation is 1. The van der Waals surface area contributed by atoms with Gasteiger partial charge in [-0.3, -0.25) is 0 Å². The molecule has 7 aromatic carbocycles. The summed E-state index contributed by atoms with van der Waals surface area (Å²) in [5, 5.41) is 10.7. The van der Waals surface area contributed by atoms with Gasteiger partial charge in [-0.15, -0.1) is 87.4 Å². The Morgan fingerprint density at radius 1 is 0.474 bits per heavy atom. The second-order valence-corrected chi connectivity index (χ2v) is 8.69. The van der Waals surface area contributed by atoms with E-state index >= 15 is 0 Å². The van der Waals surface area contributed by atoms with Crippen LogP contribution < -0.4 is 24.8 Å². The van der Waals surface area contributed by atoms with E-state index < -0.39 is 0 Å². The molecule has 7 aromatic rings. The van der Waals surface area contributed by atoms with Gasteiger partial charge in [0.2, 0.25) is 0 Å². The van der Waals surface area contributed by atoms with E-state index in [1.165, 1.54) is 59.8 Å². The van der Waals surface area contributed by atoms with Gasteiger partial charge >= 0.3 is 26.2 Å². The monoisotopic (exact) mass is 608 g/mol. The molecule has 186 valence electrons. The predicted octanol–water partition coefficient (Wildman–Crippen LogP) is 4.21. The molecule has 3 heteroatoms. The Kier molecular flexibility index (Phi) is 11.7. The fraction of sp³-hybridized carbons (Fsp3) is 0.0286. The first-order chi connectivity index (χ1) is 17.3. The average molecular weight is 611 g/mol. The van der Waals surface area contributed by atoms with Crippen molar-refractivity contribution in [1.82, 2.24) is 0 Å². The first kappa shape index (κ1) is 31.3. The van der Waals surface area contributed by atoms with E-state index in [0.717, 1.165) is 0 Å². The Balaban J connectivity index is 0.000000248. The Bertz CT molecular complexity index is 1700. The van der Waals surface area contributed by atoms with Crippen LogP contribution in [-0.2, 0) is 26.2 Å². The van der Waals surface area contributed by atoms with Crippen LogP contribution in [0.15, 0.2) is 141 Å². The van der Waals surface area contributed by atoms with Crippen LogP contribution >= 0.6 is 0 Å². The zero-order valence-corrected chi connectivity index (χ0v) is 25.3. The van der Waals surface area contributed by atoms with Crippen LogP contribution in [0.1, 0.15) is 5.56 Å². The molecular weight excluding hydrogens is 583 g/mol. The van der Waals surface area contributed by atoms with E-state index in [1.54, 1.807) is 0 Å². The maximum absolute atomic E-state index is 3.00. The van der Waals surface area contributed by atoms with Gasteiger partial charge in [0.15, 0.2) is 0 Å². The molecule has 0 aromatic heterocycles. The molecule has 0 nitrogen and oxygen atoms in total. The van der Waals surface area contributed by atoms with Crippen LogP contribution in [0.4, 0.5) is 0 Å². The summed E-state index contributed by atoms with van der Waals surface area (Å²) in [4.78, 5) is 0.